The van der Waals surface area contributed by atoms with Gasteiger partial charge in [0.2, 0.25) is 10.0 Å². The highest BCUT2D eigenvalue weighted by Gasteiger charge is 2.36. The average molecular weight is 319 g/mol. The third-order valence-corrected chi connectivity index (χ3v) is 6.77. The number of hydrogen-bond acceptors (Lipinski definition) is 6. The van der Waals surface area contributed by atoms with E-state index < -0.39 is 16.1 Å². The third-order valence-electron chi connectivity index (χ3n) is 3.68. The van der Waals surface area contributed by atoms with E-state index in [1.165, 1.54) is 18.4 Å². The minimum atomic E-state index is -3.29. The molecule has 8 heteroatoms. The number of β-amino-alcohol motifs (C(OH)–C–C–N with tert-alkyl or cyclic N) is 1. The van der Waals surface area contributed by atoms with E-state index in [-0.39, 0.29) is 11.7 Å². The number of anilines is 1. The number of aromatic nitrogens is 1. The van der Waals surface area contributed by atoms with Crippen molar-refractivity contribution in [3.63, 3.8) is 0 Å². The van der Waals surface area contributed by atoms with Gasteiger partial charge >= 0.3 is 0 Å². The van der Waals surface area contributed by atoms with E-state index in [2.05, 4.69) is 4.98 Å². The smallest absolute Gasteiger partial charge is 0.214 e. The van der Waals surface area contributed by atoms with E-state index in [0.29, 0.717) is 13.1 Å². The van der Waals surface area contributed by atoms with Gasteiger partial charge in [-0.2, -0.15) is 0 Å². The molecule has 1 N–H and O–H groups in total. The minimum Gasteiger partial charge on any atom is -0.391 e. The molecule has 0 unspecified atom stereocenters. The van der Waals surface area contributed by atoms with Gasteiger partial charge in [-0.05, 0) is 13.8 Å². The Bertz CT molecular complexity index is 563. The van der Waals surface area contributed by atoms with Gasteiger partial charge in [0.15, 0.2) is 5.13 Å². The van der Waals surface area contributed by atoms with Gasteiger partial charge in [-0.3, -0.25) is 0 Å². The van der Waals surface area contributed by atoms with Crippen LogP contribution in [0.1, 0.15) is 10.6 Å². The third kappa shape index (κ3) is 3.13. The van der Waals surface area contributed by atoms with Crippen LogP contribution in [0.2, 0.25) is 0 Å². The Morgan fingerprint density at radius 1 is 1.40 bits per heavy atom. The SMILES string of the molecule is Cc1nc(N2C[C@@H](CS(=O)(=O)N(C)C)[C@@H](O)C2)sc1C. The van der Waals surface area contributed by atoms with E-state index in [4.69, 9.17) is 0 Å². The van der Waals surface area contributed by atoms with Crippen molar-refractivity contribution < 1.29 is 13.5 Å². The topological polar surface area (TPSA) is 73.7 Å². The fraction of sp³-hybridized carbons (Fsp3) is 0.750. The number of aliphatic hydroxyl groups excluding tert-OH is 1. The van der Waals surface area contributed by atoms with Gasteiger partial charge in [0, 0.05) is 38.0 Å². The van der Waals surface area contributed by atoms with Gasteiger partial charge < -0.3 is 10.0 Å². The summed E-state index contributed by atoms with van der Waals surface area (Å²) in [4.78, 5) is 7.60. The van der Waals surface area contributed by atoms with Gasteiger partial charge in [0.25, 0.3) is 0 Å². The molecule has 1 aliphatic heterocycles. The standard InChI is InChI=1S/C12H21N3O3S2/c1-8-9(2)19-12(13-8)15-5-10(11(16)6-15)7-20(17,18)14(3)4/h10-11,16H,5-7H2,1-4H3/t10-,11-/m0/s1. The molecule has 0 radical (unpaired) electrons. The summed E-state index contributed by atoms with van der Waals surface area (Å²) < 4.78 is 25.0. The van der Waals surface area contributed by atoms with Crippen LogP contribution >= 0.6 is 11.3 Å². The quantitative estimate of drug-likeness (QED) is 0.872. The fourth-order valence-corrected chi connectivity index (χ4v) is 4.28. The average Bonchev–Trinajstić information content (AvgIpc) is 2.84. The lowest BCUT2D eigenvalue weighted by Crippen LogP contribution is -2.33. The van der Waals surface area contributed by atoms with Crippen LogP contribution in [-0.2, 0) is 10.0 Å². The first-order chi connectivity index (χ1) is 9.20. The molecule has 0 spiro atoms. The summed E-state index contributed by atoms with van der Waals surface area (Å²) in [5, 5.41) is 11.0. The lowest BCUT2D eigenvalue weighted by Gasteiger charge is -2.17. The monoisotopic (exact) mass is 319 g/mol. The van der Waals surface area contributed by atoms with Crippen LogP contribution in [0.15, 0.2) is 0 Å². The molecule has 0 saturated carbocycles. The number of hydrogen-bond donors (Lipinski definition) is 1. The normalized spacial score (nSPS) is 23.8. The van der Waals surface area contributed by atoms with Crippen molar-refractivity contribution in [3.05, 3.63) is 10.6 Å². The number of aliphatic hydroxyl groups is 1. The summed E-state index contributed by atoms with van der Waals surface area (Å²) in [5.74, 6) is -0.298. The van der Waals surface area contributed by atoms with E-state index in [0.717, 1.165) is 15.7 Å². The van der Waals surface area contributed by atoms with E-state index in [1.54, 1.807) is 11.3 Å². The molecule has 0 amide bonds. The van der Waals surface area contributed by atoms with Crippen LogP contribution in [0.25, 0.3) is 0 Å². The number of sulfonamides is 1. The second kappa shape index (κ2) is 5.59. The highest BCUT2D eigenvalue weighted by Crippen LogP contribution is 2.30. The second-order valence-electron chi connectivity index (χ2n) is 5.43. The van der Waals surface area contributed by atoms with Crippen molar-refractivity contribution in [1.82, 2.24) is 9.29 Å². The molecule has 2 heterocycles. The fourth-order valence-electron chi connectivity index (χ4n) is 2.18. The predicted octanol–water partition coefficient (Wildman–Crippen LogP) is 0.448. The summed E-state index contributed by atoms with van der Waals surface area (Å²) in [6.45, 7) is 4.94. The Morgan fingerprint density at radius 2 is 2.05 bits per heavy atom. The number of rotatable bonds is 4. The molecule has 2 atom stereocenters. The molecule has 0 bridgehead atoms. The van der Waals surface area contributed by atoms with Crippen LogP contribution in [0.5, 0.6) is 0 Å². The first-order valence-electron chi connectivity index (χ1n) is 6.48. The van der Waals surface area contributed by atoms with Gasteiger partial charge in [-0.15, -0.1) is 11.3 Å². The molecule has 1 aromatic heterocycles. The van der Waals surface area contributed by atoms with E-state index in [9.17, 15) is 13.5 Å². The highest BCUT2D eigenvalue weighted by molar-refractivity contribution is 7.89. The lowest BCUT2D eigenvalue weighted by molar-refractivity contribution is 0.157. The van der Waals surface area contributed by atoms with Gasteiger partial charge in [0.1, 0.15) is 0 Å². The van der Waals surface area contributed by atoms with Crippen molar-refractivity contribution in [1.29, 1.82) is 0 Å². The molecule has 1 aromatic rings. The number of thiazole rings is 1. The molecule has 1 fully saturated rings. The molecule has 1 aliphatic rings. The molecule has 2 rings (SSSR count). The van der Waals surface area contributed by atoms with E-state index in [1.807, 2.05) is 18.7 Å². The zero-order valence-corrected chi connectivity index (χ0v) is 13.8. The number of nitrogens with zero attached hydrogens (tertiary/aromatic N) is 3. The molecule has 20 heavy (non-hydrogen) atoms. The summed E-state index contributed by atoms with van der Waals surface area (Å²) in [6, 6.07) is 0. The maximum absolute atomic E-state index is 11.9. The van der Waals surface area contributed by atoms with Crippen LogP contribution < -0.4 is 4.90 Å². The first kappa shape index (κ1) is 15.7. The Morgan fingerprint density at radius 3 is 2.55 bits per heavy atom. The van der Waals surface area contributed by atoms with Crippen LogP contribution in [0.3, 0.4) is 0 Å². The molecule has 114 valence electrons. The van der Waals surface area contributed by atoms with Crippen LogP contribution in [0.4, 0.5) is 5.13 Å². The summed E-state index contributed by atoms with van der Waals surface area (Å²) in [7, 11) is -0.262. The predicted molar refractivity (Wildman–Crippen MR) is 80.8 cm³/mol. The van der Waals surface area contributed by atoms with Gasteiger partial charge in [-0.1, -0.05) is 0 Å². The largest absolute Gasteiger partial charge is 0.391 e. The molecule has 6 nitrogen and oxygen atoms in total. The molecule has 0 aromatic carbocycles. The first-order valence-corrected chi connectivity index (χ1v) is 8.90. The highest BCUT2D eigenvalue weighted by atomic mass is 32.2. The Hall–Kier alpha value is -0.700. The second-order valence-corrected chi connectivity index (χ2v) is 8.84. The van der Waals surface area contributed by atoms with Crippen molar-refractivity contribution in [2.75, 3.05) is 37.8 Å². The Labute approximate surface area is 124 Å². The number of aryl methyl sites for hydroxylation is 2. The van der Waals surface area contributed by atoms with Gasteiger partial charge in [0.05, 0.1) is 17.6 Å². The van der Waals surface area contributed by atoms with Gasteiger partial charge in [-0.25, -0.2) is 17.7 Å². The maximum Gasteiger partial charge on any atom is 0.214 e. The molecule has 1 saturated heterocycles. The Kier molecular flexibility index (Phi) is 4.38. The van der Waals surface area contributed by atoms with Crippen LogP contribution in [-0.4, -0.2) is 61.9 Å². The van der Waals surface area contributed by atoms with Crippen molar-refractivity contribution >= 4 is 26.5 Å². The van der Waals surface area contributed by atoms with E-state index >= 15 is 0 Å². The molecule has 0 aliphatic carbocycles. The zero-order valence-electron chi connectivity index (χ0n) is 12.2. The maximum atomic E-state index is 11.9. The minimum absolute atomic E-state index is 0.0268. The zero-order chi connectivity index (χ0) is 15.1. The van der Waals surface area contributed by atoms with Crippen molar-refractivity contribution in [2.24, 2.45) is 5.92 Å². The van der Waals surface area contributed by atoms with Crippen molar-refractivity contribution in [2.45, 2.75) is 20.0 Å². The lowest BCUT2D eigenvalue weighted by atomic mass is 10.1. The molecular formula is C12H21N3O3S2. The molecular weight excluding hydrogens is 298 g/mol. The summed E-state index contributed by atoms with van der Waals surface area (Å²) >= 11 is 1.58. The summed E-state index contributed by atoms with van der Waals surface area (Å²) in [5.41, 5.74) is 0.990. The van der Waals surface area contributed by atoms with Crippen LogP contribution in [0, 0.1) is 19.8 Å². The van der Waals surface area contributed by atoms with Crippen molar-refractivity contribution in [3.8, 4) is 0 Å². The summed E-state index contributed by atoms with van der Waals surface area (Å²) in [6.07, 6.45) is -0.630. The Balaban J connectivity index is 2.09.